The van der Waals surface area contributed by atoms with Crippen LogP contribution in [0.5, 0.6) is 0 Å². The molecule has 0 fully saturated rings. The molecule has 5 heteroatoms. The van der Waals surface area contributed by atoms with Crippen LogP contribution < -0.4 is 4.57 Å². The first kappa shape index (κ1) is 14.6. The Balaban J connectivity index is 1.98. The molecule has 0 saturated carbocycles. The summed E-state index contributed by atoms with van der Waals surface area (Å²) in [4.78, 5) is 27.1. The van der Waals surface area contributed by atoms with Crippen LogP contribution in [0.15, 0.2) is 60.0 Å². The number of Topliss-reactive ketones (excluding diaryl/α,β-unsaturated/α-hetero) is 1. The van der Waals surface area contributed by atoms with Gasteiger partial charge in [-0.05, 0) is 0 Å². The Bertz CT molecular complexity index is 649. The summed E-state index contributed by atoms with van der Waals surface area (Å²) in [6.45, 7) is 1.55. The van der Waals surface area contributed by atoms with Crippen LogP contribution in [0.1, 0.15) is 22.8 Å². The van der Waals surface area contributed by atoms with E-state index in [-0.39, 0.29) is 12.3 Å². The van der Waals surface area contributed by atoms with Crippen molar-refractivity contribution in [3.8, 4) is 0 Å². The van der Waals surface area contributed by atoms with Crippen LogP contribution in [-0.4, -0.2) is 18.0 Å². The van der Waals surface area contributed by atoms with Crippen LogP contribution in [0, 0.1) is 0 Å². The molecule has 0 atom stereocenters. The summed E-state index contributed by atoms with van der Waals surface area (Å²) < 4.78 is 1.78. The summed E-state index contributed by atoms with van der Waals surface area (Å²) in [7, 11) is 0. The van der Waals surface area contributed by atoms with E-state index in [1.807, 2.05) is 18.2 Å². The molecule has 2 rings (SSSR count). The van der Waals surface area contributed by atoms with Crippen molar-refractivity contribution in [2.45, 2.75) is 13.5 Å². The molecule has 0 spiro atoms. The van der Waals surface area contributed by atoms with Crippen LogP contribution in [0.4, 0.5) is 0 Å². The van der Waals surface area contributed by atoms with Crippen LogP contribution in [0.3, 0.4) is 0 Å². The minimum atomic E-state index is -0.467. The normalized spacial score (nSPS) is 10.5. The fourth-order valence-electron chi connectivity index (χ4n) is 1.70. The number of hydrogen-bond donors (Lipinski definition) is 0. The van der Waals surface area contributed by atoms with Crippen molar-refractivity contribution in [1.29, 1.82) is 0 Å². The molecule has 5 nitrogen and oxygen atoms in total. The molecular weight excluding hydrogens is 268 g/mol. The zero-order chi connectivity index (χ0) is 15.1. The van der Waals surface area contributed by atoms with Crippen LogP contribution >= 0.6 is 0 Å². The maximum Gasteiger partial charge on any atom is 0.331 e. The second-order valence-electron chi connectivity index (χ2n) is 4.41. The standard InChI is InChI=1S/C16H15N2O3/c1-13(19)21-17-11-14-7-9-18(10-8-14)12-16(20)15-5-3-2-4-6-15/h2-11H,12H2,1H3/q+1/b17-11-. The lowest BCUT2D eigenvalue weighted by atomic mass is 10.1. The molecule has 0 radical (unpaired) electrons. The topological polar surface area (TPSA) is 59.6 Å². The zero-order valence-corrected chi connectivity index (χ0v) is 11.6. The van der Waals surface area contributed by atoms with Crippen molar-refractivity contribution in [3.63, 3.8) is 0 Å². The highest BCUT2D eigenvalue weighted by Gasteiger charge is 2.11. The van der Waals surface area contributed by atoms with Gasteiger partial charge >= 0.3 is 5.97 Å². The highest BCUT2D eigenvalue weighted by Crippen LogP contribution is 2.00. The van der Waals surface area contributed by atoms with Crippen LogP contribution in [0.2, 0.25) is 0 Å². The van der Waals surface area contributed by atoms with Crippen molar-refractivity contribution in [1.82, 2.24) is 0 Å². The Morgan fingerprint density at radius 1 is 1.14 bits per heavy atom. The van der Waals surface area contributed by atoms with Crippen molar-refractivity contribution < 1.29 is 19.0 Å². The fraction of sp³-hybridized carbons (Fsp3) is 0.125. The van der Waals surface area contributed by atoms with E-state index in [0.29, 0.717) is 5.56 Å². The highest BCUT2D eigenvalue weighted by molar-refractivity contribution is 5.94. The number of benzene rings is 1. The molecule has 21 heavy (non-hydrogen) atoms. The molecule has 0 N–H and O–H groups in total. The molecule has 0 aliphatic rings. The number of nitrogens with zero attached hydrogens (tertiary/aromatic N) is 2. The predicted molar refractivity (Wildman–Crippen MR) is 76.8 cm³/mol. The summed E-state index contributed by atoms with van der Waals surface area (Å²) >= 11 is 0. The monoisotopic (exact) mass is 283 g/mol. The number of rotatable bonds is 5. The lowest BCUT2D eigenvalue weighted by molar-refractivity contribution is -0.683. The van der Waals surface area contributed by atoms with Crippen molar-refractivity contribution >= 4 is 18.0 Å². The molecule has 106 valence electrons. The third kappa shape index (κ3) is 4.65. The van der Waals surface area contributed by atoms with Crippen molar-refractivity contribution in [2.24, 2.45) is 5.16 Å². The minimum absolute atomic E-state index is 0.0435. The SMILES string of the molecule is CC(=O)O/N=C\c1cc[n+](CC(=O)c2ccccc2)cc1. The van der Waals surface area contributed by atoms with E-state index < -0.39 is 5.97 Å². The van der Waals surface area contributed by atoms with Crippen molar-refractivity contribution in [3.05, 3.63) is 66.0 Å². The van der Waals surface area contributed by atoms with Gasteiger partial charge in [0.15, 0.2) is 12.4 Å². The van der Waals surface area contributed by atoms with Crippen molar-refractivity contribution in [2.75, 3.05) is 0 Å². The van der Waals surface area contributed by atoms with Gasteiger partial charge in [0.05, 0.1) is 6.21 Å². The molecule has 0 amide bonds. The molecule has 0 bridgehead atoms. The molecule has 1 aromatic heterocycles. The zero-order valence-electron chi connectivity index (χ0n) is 11.6. The van der Waals surface area contributed by atoms with E-state index in [1.165, 1.54) is 13.1 Å². The summed E-state index contributed by atoms with van der Waals surface area (Å²) in [5.74, 6) is -0.423. The summed E-state index contributed by atoms with van der Waals surface area (Å²) in [5.41, 5.74) is 1.46. The van der Waals surface area contributed by atoms with Gasteiger partial charge < -0.3 is 4.84 Å². The number of pyridine rings is 1. The molecule has 0 unspecified atom stereocenters. The fourth-order valence-corrected chi connectivity index (χ4v) is 1.70. The maximum absolute atomic E-state index is 12.0. The first-order valence-electron chi connectivity index (χ1n) is 6.43. The summed E-state index contributed by atoms with van der Waals surface area (Å²) in [6.07, 6.45) is 4.98. The van der Waals surface area contributed by atoms with Gasteiger partial charge in [-0.1, -0.05) is 35.5 Å². The largest absolute Gasteiger partial charge is 0.331 e. The van der Waals surface area contributed by atoms with Gasteiger partial charge in [0.2, 0.25) is 12.3 Å². The Kier molecular flexibility index (Phi) is 4.93. The lowest BCUT2D eigenvalue weighted by Gasteiger charge is -1.98. The smallest absolute Gasteiger partial charge is 0.319 e. The lowest BCUT2D eigenvalue weighted by Crippen LogP contribution is -2.37. The maximum atomic E-state index is 12.0. The Morgan fingerprint density at radius 2 is 1.81 bits per heavy atom. The van der Waals surface area contributed by atoms with Gasteiger partial charge in [-0.3, -0.25) is 4.79 Å². The Morgan fingerprint density at radius 3 is 2.43 bits per heavy atom. The first-order chi connectivity index (χ1) is 10.1. The average Bonchev–Trinajstić information content (AvgIpc) is 2.49. The van der Waals surface area contributed by atoms with Gasteiger partial charge in [0.25, 0.3) is 0 Å². The molecule has 0 saturated heterocycles. The number of oxime groups is 1. The van der Waals surface area contributed by atoms with Gasteiger partial charge in [0.1, 0.15) is 0 Å². The first-order valence-corrected chi connectivity index (χ1v) is 6.43. The molecular formula is C16H15N2O3+. The second kappa shape index (κ2) is 7.09. The number of carbonyl (C=O) groups excluding carboxylic acids is 2. The Hall–Kier alpha value is -2.82. The number of hydrogen-bond acceptors (Lipinski definition) is 4. The van der Waals surface area contributed by atoms with E-state index >= 15 is 0 Å². The van der Waals surface area contributed by atoms with E-state index in [1.54, 1.807) is 41.2 Å². The number of aromatic nitrogens is 1. The molecule has 1 aromatic carbocycles. The third-order valence-corrected chi connectivity index (χ3v) is 2.72. The van der Waals surface area contributed by atoms with Gasteiger partial charge in [-0.15, -0.1) is 0 Å². The van der Waals surface area contributed by atoms with Crippen LogP contribution in [-0.2, 0) is 16.2 Å². The third-order valence-electron chi connectivity index (χ3n) is 2.72. The van der Waals surface area contributed by atoms with E-state index in [0.717, 1.165) is 5.56 Å². The quantitative estimate of drug-likeness (QED) is 0.276. The van der Waals surface area contributed by atoms with Gasteiger partial charge in [-0.25, -0.2) is 4.79 Å². The molecule has 0 aliphatic heterocycles. The van der Waals surface area contributed by atoms with Gasteiger partial charge in [0, 0.05) is 30.2 Å². The highest BCUT2D eigenvalue weighted by atomic mass is 16.7. The Labute approximate surface area is 122 Å². The van der Waals surface area contributed by atoms with Gasteiger partial charge in [-0.2, -0.15) is 4.57 Å². The van der Waals surface area contributed by atoms with E-state index in [9.17, 15) is 9.59 Å². The summed E-state index contributed by atoms with van der Waals surface area (Å²) in [5, 5.41) is 3.53. The van der Waals surface area contributed by atoms with E-state index in [4.69, 9.17) is 0 Å². The van der Waals surface area contributed by atoms with Crippen LogP contribution in [0.25, 0.3) is 0 Å². The number of carbonyl (C=O) groups is 2. The predicted octanol–water partition coefficient (Wildman–Crippen LogP) is 1.75. The molecule has 2 aromatic rings. The average molecular weight is 283 g/mol. The second-order valence-corrected chi connectivity index (χ2v) is 4.41. The van der Waals surface area contributed by atoms with E-state index in [2.05, 4.69) is 9.99 Å². The number of ketones is 1. The summed E-state index contributed by atoms with van der Waals surface area (Å²) in [6, 6.07) is 12.7. The molecule has 1 heterocycles. The minimum Gasteiger partial charge on any atom is -0.319 e. The molecule has 0 aliphatic carbocycles.